The molecule has 1 saturated heterocycles. The van der Waals surface area contributed by atoms with Crippen LogP contribution in [0.25, 0.3) is 0 Å². The zero-order chi connectivity index (χ0) is 14.2. The van der Waals surface area contributed by atoms with Crippen LogP contribution in [0.4, 0.5) is 0 Å². The summed E-state index contributed by atoms with van der Waals surface area (Å²) in [5, 5.41) is 10.0. The van der Waals surface area contributed by atoms with Gasteiger partial charge in [-0.05, 0) is 25.0 Å². The molecule has 112 valence electrons. The van der Waals surface area contributed by atoms with Crippen molar-refractivity contribution in [2.24, 2.45) is 5.92 Å². The second kappa shape index (κ2) is 5.48. The van der Waals surface area contributed by atoms with Gasteiger partial charge in [-0.25, -0.2) is 8.42 Å². The quantitative estimate of drug-likeness (QED) is 0.894. The number of ether oxygens (including phenoxy) is 1. The molecule has 3 unspecified atom stereocenters. The normalized spacial score (nSPS) is 32.5. The zero-order valence-electron chi connectivity index (χ0n) is 11.1. The van der Waals surface area contributed by atoms with Gasteiger partial charge in [0.15, 0.2) is 0 Å². The lowest BCUT2D eigenvalue weighted by Crippen LogP contribution is -2.53. The van der Waals surface area contributed by atoms with Gasteiger partial charge >= 0.3 is 0 Å². The molecular formula is C13H19NO5S. The van der Waals surface area contributed by atoms with Gasteiger partial charge in [-0.3, -0.25) is 0 Å². The molecule has 20 heavy (non-hydrogen) atoms. The van der Waals surface area contributed by atoms with Gasteiger partial charge in [-0.2, -0.15) is 4.31 Å². The number of hydrogen-bond acceptors (Lipinski definition) is 5. The molecule has 1 N–H and O–H groups in total. The van der Waals surface area contributed by atoms with E-state index in [1.165, 1.54) is 16.6 Å². The zero-order valence-corrected chi connectivity index (χ0v) is 12.0. The number of rotatable bonds is 3. The first-order valence-electron chi connectivity index (χ1n) is 6.92. The molecule has 2 fully saturated rings. The average molecular weight is 301 g/mol. The van der Waals surface area contributed by atoms with Crippen molar-refractivity contribution in [2.45, 2.75) is 36.5 Å². The Kier molecular flexibility index (Phi) is 3.85. The Hall–Kier alpha value is -0.890. The molecule has 7 heteroatoms. The monoisotopic (exact) mass is 301 g/mol. The second-order valence-corrected chi connectivity index (χ2v) is 7.17. The molecule has 0 spiro atoms. The van der Waals surface area contributed by atoms with Gasteiger partial charge < -0.3 is 14.3 Å². The van der Waals surface area contributed by atoms with Gasteiger partial charge in [0.25, 0.3) is 10.0 Å². The summed E-state index contributed by atoms with van der Waals surface area (Å²) in [6.45, 7) is 1.01. The smallest absolute Gasteiger partial charge is 0.276 e. The van der Waals surface area contributed by atoms with Crippen LogP contribution in [0.1, 0.15) is 19.3 Å². The molecule has 0 bridgehead atoms. The topological polar surface area (TPSA) is 80.0 Å². The Bertz CT molecular complexity index is 541. The van der Waals surface area contributed by atoms with Gasteiger partial charge in [0.1, 0.15) is 0 Å². The highest BCUT2D eigenvalue weighted by Crippen LogP contribution is 2.34. The highest BCUT2D eigenvalue weighted by molar-refractivity contribution is 7.89. The fraction of sp³-hybridized carbons (Fsp3) is 0.692. The summed E-state index contributed by atoms with van der Waals surface area (Å²) in [6, 6.07) is 2.70. The Balaban J connectivity index is 1.89. The van der Waals surface area contributed by atoms with Gasteiger partial charge in [-0.15, -0.1) is 0 Å². The number of morpholine rings is 1. The van der Waals surface area contributed by atoms with Crippen molar-refractivity contribution in [3.8, 4) is 0 Å². The molecule has 0 aromatic carbocycles. The van der Waals surface area contributed by atoms with E-state index in [4.69, 9.17) is 9.15 Å². The molecule has 1 saturated carbocycles. The Morgan fingerprint density at radius 1 is 1.35 bits per heavy atom. The van der Waals surface area contributed by atoms with Crippen LogP contribution >= 0.6 is 0 Å². The van der Waals surface area contributed by atoms with Crippen LogP contribution in [-0.4, -0.2) is 49.7 Å². The van der Waals surface area contributed by atoms with Gasteiger partial charge in [0, 0.05) is 12.5 Å². The molecule has 1 aliphatic carbocycles. The third-order valence-electron chi connectivity index (χ3n) is 4.20. The van der Waals surface area contributed by atoms with Crippen molar-refractivity contribution in [1.29, 1.82) is 0 Å². The summed E-state index contributed by atoms with van der Waals surface area (Å²) in [5.74, 6) is -0.0555. The molecule has 2 heterocycles. The SMILES string of the molecule is O=S(=O)(c1ccco1)N1CCOCC1C1CCCC1O. The largest absolute Gasteiger partial charge is 0.452 e. The number of nitrogens with zero attached hydrogens (tertiary/aromatic N) is 1. The maximum absolute atomic E-state index is 12.6. The van der Waals surface area contributed by atoms with Gasteiger partial charge in [0.2, 0.25) is 5.09 Å². The first-order chi connectivity index (χ1) is 9.60. The van der Waals surface area contributed by atoms with Crippen LogP contribution in [-0.2, 0) is 14.8 Å². The molecule has 1 aromatic heterocycles. The highest BCUT2D eigenvalue weighted by Gasteiger charge is 2.43. The van der Waals surface area contributed by atoms with E-state index < -0.39 is 16.1 Å². The third kappa shape index (κ3) is 2.39. The number of aliphatic hydroxyl groups excluding tert-OH is 1. The fourth-order valence-electron chi connectivity index (χ4n) is 3.19. The standard InChI is InChI=1S/C13H19NO5S/c15-12-4-1-3-10(12)11-9-18-8-6-14(11)20(16,17)13-5-2-7-19-13/h2,5,7,10-12,15H,1,3-4,6,8-9H2. The van der Waals surface area contributed by atoms with Crippen LogP contribution < -0.4 is 0 Å². The van der Waals surface area contributed by atoms with E-state index in [1.807, 2.05) is 0 Å². The first-order valence-corrected chi connectivity index (χ1v) is 8.36. The lowest BCUT2D eigenvalue weighted by Gasteiger charge is -2.38. The van der Waals surface area contributed by atoms with Crippen molar-refractivity contribution in [1.82, 2.24) is 4.31 Å². The van der Waals surface area contributed by atoms with Crippen LogP contribution in [0, 0.1) is 5.92 Å². The summed E-state index contributed by atoms with van der Waals surface area (Å²) >= 11 is 0. The first kappa shape index (κ1) is 14.1. The van der Waals surface area contributed by atoms with Crippen LogP contribution in [0.5, 0.6) is 0 Å². The van der Waals surface area contributed by atoms with Crippen molar-refractivity contribution >= 4 is 10.0 Å². The molecule has 3 atom stereocenters. The summed E-state index contributed by atoms with van der Waals surface area (Å²) in [7, 11) is -3.65. The van der Waals surface area contributed by atoms with E-state index in [9.17, 15) is 13.5 Å². The minimum atomic E-state index is -3.65. The molecule has 0 amide bonds. The van der Waals surface area contributed by atoms with Crippen LogP contribution in [0.3, 0.4) is 0 Å². The number of sulfonamides is 1. The van der Waals surface area contributed by atoms with E-state index in [0.717, 1.165) is 19.3 Å². The lowest BCUT2D eigenvalue weighted by atomic mass is 9.96. The predicted octanol–water partition coefficient (Wildman–Crippen LogP) is 0.830. The molecular weight excluding hydrogens is 282 g/mol. The van der Waals surface area contributed by atoms with Gasteiger partial charge in [0.05, 0.1) is 31.6 Å². The fourth-order valence-corrected chi connectivity index (χ4v) is 4.73. The average Bonchev–Trinajstić information content (AvgIpc) is 3.10. The Morgan fingerprint density at radius 2 is 2.20 bits per heavy atom. The van der Waals surface area contributed by atoms with E-state index in [0.29, 0.717) is 19.8 Å². The number of furan rings is 1. The molecule has 3 rings (SSSR count). The van der Waals surface area contributed by atoms with E-state index >= 15 is 0 Å². The highest BCUT2D eigenvalue weighted by atomic mass is 32.2. The lowest BCUT2D eigenvalue weighted by molar-refractivity contribution is -0.0152. The summed E-state index contributed by atoms with van der Waals surface area (Å²) in [6.07, 6.45) is 3.40. The number of aliphatic hydroxyl groups is 1. The second-order valence-electron chi connectivity index (χ2n) is 5.35. The minimum Gasteiger partial charge on any atom is -0.452 e. The van der Waals surface area contributed by atoms with Crippen molar-refractivity contribution in [3.63, 3.8) is 0 Å². The predicted molar refractivity (Wildman–Crippen MR) is 70.6 cm³/mol. The van der Waals surface area contributed by atoms with Crippen LogP contribution in [0.15, 0.2) is 27.9 Å². The maximum atomic E-state index is 12.6. The van der Waals surface area contributed by atoms with E-state index in [-0.39, 0.29) is 17.1 Å². The molecule has 1 aromatic rings. The molecule has 0 radical (unpaired) electrons. The molecule has 1 aliphatic heterocycles. The van der Waals surface area contributed by atoms with E-state index in [1.54, 1.807) is 6.07 Å². The minimum absolute atomic E-state index is 0.0445. The maximum Gasteiger partial charge on any atom is 0.276 e. The van der Waals surface area contributed by atoms with E-state index in [2.05, 4.69) is 0 Å². The Morgan fingerprint density at radius 3 is 2.85 bits per heavy atom. The summed E-state index contributed by atoms with van der Waals surface area (Å²) in [5.41, 5.74) is 0. The molecule has 6 nitrogen and oxygen atoms in total. The molecule has 2 aliphatic rings. The van der Waals surface area contributed by atoms with Crippen molar-refractivity contribution in [3.05, 3.63) is 18.4 Å². The van der Waals surface area contributed by atoms with Crippen LogP contribution in [0.2, 0.25) is 0 Å². The summed E-state index contributed by atoms with van der Waals surface area (Å²) in [4.78, 5) is 0. The number of hydrogen-bond donors (Lipinski definition) is 1. The van der Waals surface area contributed by atoms with Crippen molar-refractivity contribution in [2.75, 3.05) is 19.8 Å². The van der Waals surface area contributed by atoms with Crippen molar-refractivity contribution < 1.29 is 22.7 Å². The van der Waals surface area contributed by atoms with Gasteiger partial charge in [-0.1, -0.05) is 6.42 Å². The Labute approximate surface area is 118 Å². The summed E-state index contributed by atoms with van der Waals surface area (Å²) < 4.78 is 37.2. The third-order valence-corrected chi connectivity index (χ3v) is 6.01.